The van der Waals surface area contributed by atoms with Crippen molar-refractivity contribution < 1.29 is 9.84 Å². The fourth-order valence-corrected chi connectivity index (χ4v) is 2.69. The van der Waals surface area contributed by atoms with Crippen molar-refractivity contribution in [1.82, 2.24) is 0 Å². The summed E-state index contributed by atoms with van der Waals surface area (Å²) in [4.78, 5) is 0. The van der Waals surface area contributed by atoms with Crippen LogP contribution in [0.3, 0.4) is 0 Å². The van der Waals surface area contributed by atoms with E-state index in [1.165, 1.54) is 30.4 Å². The van der Waals surface area contributed by atoms with Gasteiger partial charge in [0.25, 0.3) is 0 Å². The van der Waals surface area contributed by atoms with Crippen molar-refractivity contribution in [3.05, 3.63) is 11.1 Å². The third-order valence-electron chi connectivity index (χ3n) is 3.96. The minimum atomic E-state index is -0.985. The van der Waals surface area contributed by atoms with Gasteiger partial charge >= 0.3 is 0 Å². The molecule has 1 atom stereocenters. The normalized spacial score (nSPS) is 24.4. The predicted octanol–water partition coefficient (Wildman–Crippen LogP) is 3.65. The quantitative estimate of drug-likeness (QED) is 0.585. The highest BCUT2D eigenvalue weighted by molar-refractivity contribution is 5.22. The third kappa shape index (κ3) is 3.33. The second-order valence-corrected chi connectivity index (χ2v) is 5.88. The van der Waals surface area contributed by atoms with Gasteiger partial charge in [0.15, 0.2) is 5.79 Å². The summed E-state index contributed by atoms with van der Waals surface area (Å²) in [5, 5.41) is 9.87. The highest BCUT2D eigenvalue weighted by Crippen LogP contribution is 2.42. The van der Waals surface area contributed by atoms with Gasteiger partial charge in [-0.3, -0.25) is 0 Å². The molecule has 1 aliphatic carbocycles. The van der Waals surface area contributed by atoms with Crippen LogP contribution in [0.2, 0.25) is 0 Å². The van der Waals surface area contributed by atoms with Crippen LogP contribution in [0.4, 0.5) is 0 Å². The first-order valence-electron chi connectivity index (χ1n) is 6.25. The van der Waals surface area contributed by atoms with E-state index in [0.717, 1.165) is 6.42 Å². The van der Waals surface area contributed by atoms with E-state index in [-0.39, 0.29) is 0 Å². The predicted molar refractivity (Wildman–Crippen MR) is 67.2 cm³/mol. The van der Waals surface area contributed by atoms with Crippen molar-refractivity contribution in [2.75, 3.05) is 7.11 Å². The van der Waals surface area contributed by atoms with Crippen LogP contribution < -0.4 is 0 Å². The van der Waals surface area contributed by atoms with E-state index in [1.807, 2.05) is 0 Å². The van der Waals surface area contributed by atoms with Gasteiger partial charge in [-0.05, 0) is 44.9 Å². The summed E-state index contributed by atoms with van der Waals surface area (Å²) in [6, 6.07) is 0. The zero-order valence-corrected chi connectivity index (χ0v) is 11.4. The molecule has 0 aromatic carbocycles. The van der Waals surface area contributed by atoms with E-state index in [1.54, 1.807) is 14.0 Å². The molecule has 0 radical (unpaired) electrons. The summed E-state index contributed by atoms with van der Waals surface area (Å²) in [6.07, 6.45) is 5.39. The Balaban J connectivity index is 2.71. The van der Waals surface area contributed by atoms with Gasteiger partial charge in [-0.25, -0.2) is 0 Å². The second-order valence-electron chi connectivity index (χ2n) is 5.88. The minimum Gasteiger partial charge on any atom is -0.366 e. The Morgan fingerprint density at radius 1 is 1.44 bits per heavy atom. The molecule has 0 saturated carbocycles. The Bertz CT molecular complexity index is 274. The molecule has 0 saturated heterocycles. The summed E-state index contributed by atoms with van der Waals surface area (Å²) in [7, 11) is 1.56. The van der Waals surface area contributed by atoms with Crippen LogP contribution in [0.25, 0.3) is 0 Å². The van der Waals surface area contributed by atoms with Crippen LogP contribution in [0.1, 0.15) is 59.8 Å². The lowest BCUT2D eigenvalue weighted by molar-refractivity contribution is -0.174. The largest absolute Gasteiger partial charge is 0.366 e. The van der Waals surface area contributed by atoms with E-state index >= 15 is 0 Å². The molecule has 0 bridgehead atoms. The summed E-state index contributed by atoms with van der Waals surface area (Å²) in [6.45, 7) is 8.59. The third-order valence-corrected chi connectivity index (χ3v) is 3.96. The van der Waals surface area contributed by atoms with Crippen LogP contribution >= 0.6 is 0 Å². The van der Waals surface area contributed by atoms with Crippen LogP contribution in [0.15, 0.2) is 11.1 Å². The molecular formula is C14H26O2. The molecule has 0 aromatic heterocycles. The Morgan fingerprint density at radius 2 is 2.06 bits per heavy atom. The zero-order chi connectivity index (χ0) is 12.4. The number of ether oxygens (including phenoxy) is 1. The van der Waals surface area contributed by atoms with Gasteiger partial charge < -0.3 is 9.84 Å². The lowest BCUT2D eigenvalue weighted by Gasteiger charge is -2.36. The molecule has 0 aliphatic heterocycles. The first kappa shape index (κ1) is 13.7. The maximum atomic E-state index is 9.87. The van der Waals surface area contributed by atoms with E-state index in [2.05, 4.69) is 20.8 Å². The van der Waals surface area contributed by atoms with Gasteiger partial charge in [-0.1, -0.05) is 25.0 Å². The highest BCUT2D eigenvalue weighted by Gasteiger charge is 2.30. The van der Waals surface area contributed by atoms with E-state index in [4.69, 9.17) is 4.74 Å². The topological polar surface area (TPSA) is 29.5 Å². The molecule has 16 heavy (non-hydrogen) atoms. The fraction of sp³-hybridized carbons (Fsp3) is 0.857. The van der Waals surface area contributed by atoms with Crippen molar-refractivity contribution >= 4 is 0 Å². The standard InChI is InChI=1S/C14H26O2/c1-11-7-6-9-13(2,3)12(11)8-10-14(4,15)16-5/h15H,6-10H2,1-5H3. The Hall–Kier alpha value is -0.340. The van der Waals surface area contributed by atoms with E-state index < -0.39 is 5.79 Å². The molecule has 1 N–H and O–H groups in total. The molecule has 2 nitrogen and oxygen atoms in total. The fourth-order valence-electron chi connectivity index (χ4n) is 2.69. The number of methoxy groups -OCH3 is 1. The first-order chi connectivity index (χ1) is 7.28. The lowest BCUT2D eigenvalue weighted by Crippen LogP contribution is -2.28. The number of aliphatic hydroxyl groups is 1. The number of hydrogen-bond acceptors (Lipinski definition) is 2. The SMILES string of the molecule is COC(C)(O)CCC1=C(C)CCCC1(C)C. The van der Waals surface area contributed by atoms with Gasteiger partial charge in [0, 0.05) is 13.5 Å². The van der Waals surface area contributed by atoms with Crippen LogP contribution in [-0.4, -0.2) is 18.0 Å². The van der Waals surface area contributed by atoms with Gasteiger partial charge in [0.1, 0.15) is 0 Å². The average Bonchev–Trinajstić information content (AvgIpc) is 2.16. The maximum Gasteiger partial charge on any atom is 0.162 e. The molecule has 1 aliphatic rings. The van der Waals surface area contributed by atoms with Crippen LogP contribution in [0.5, 0.6) is 0 Å². The van der Waals surface area contributed by atoms with Gasteiger partial charge in [-0.2, -0.15) is 0 Å². The molecule has 94 valence electrons. The van der Waals surface area contributed by atoms with Crippen molar-refractivity contribution in [3.63, 3.8) is 0 Å². The number of rotatable bonds is 4. The molecule has 1 unspecified atom stereocenters. The molecule has 1 rings (SSSR count). The number of hydrogen-bond donors (Lipinski definition) is 1. The van der Waals surface area contributed by atoms with Crippen LogP contribution in [0, 0.1) is 5.41 Å². The minimum absolute atomic E-state index is 0.298. The molecule has 0 spiro atoms. The summed E-state index contributed by atoms with van der Waals surface area (Å²) < 4.78 is 5.07. The summed E-state index contributed by atoms with van der Waals surface area (Å²) in [5.41, 5.74) is 3.34. The van der Waals surface area contributed by atoms with Crippen molar-refractivity contribution in [2.24, 2.45) is 5.41 Å². The van der Waals surface area contributed by atoms with E-state index in [0.29, 0.717) is 11.8 Å². The Morgan fingerprint density at radius 3 is 2.56 bits per heavy atom. The summed E-state index contributed by atoms with van der Waals surface area (Å²) >= 11 is 0. The lowest BCUT2D eigenvalue weighted by atomic mass is 9.71. The zero-order valence-electron chi connectivity index (χ0n) is 11.4. The molecule has 0 aromatic rings. The van der Waals surface area contributed by atoms with Crippen LogP contribution in [-0.2, 0) is 4.74 Å². The van der Waals surface area contributed by atoms with Crippen molar-refractivity contribution in [2.45, 2.75) is 65.6 Å². The van der Waals surface area contributed by atoms with Gasteiger partial charge in [0.05, 0.1) is 0 Å². The van der Waals surface area contributed by atoms with Crippen molar-refractivity contribution in [1.29, 1.82) is 0 Å². The van der Waals surface area contributed by atoms with Crippen molar-refractivity contribution in [3.8, 4) is 0 Å². The monoisotopic (exact) mass is 226 g/mol. The van der Waals surface area contributed by atoms with Gasteiger partial charge in [0.2, 0.25) is 0 Å². The average molecular weight is 226 g/mol. The first-order valence-corrected chi connectivity index (χ1v) is 6.25. The summed E-state index contributed by atoms with van der Waals surface area (Å²) in [5.74, 6) is -0.985. The smallest absolute Gasteiger partial charge is 0.162 e. The molecular weight excluding hydrogens is 200 g/mol. The highest BCUT2D eigenvalue weighted by atomic mass is 16.6. The molecule has 0 fully saturated rings. The Labute approximate surface area is 99.7 Å². The molecule has 2 heteroatoms. The maximum absolute atomic E-state index is 9.87. The Kier molecular flexibility index (Phi) is 4.19. The number of allylic oxidation sites excluding steroid dienone is 2. The molecule has 0 heterocycles. The van der Waals surface area contributed by atoms with E-state index in [9.17, 15) is 5.11 Å². The molecule has 0 amide bonds. The van der Waals surface area contributed by atoms with Gasteiger partial charge in [-0.15, -0.1) is 0 Å². The second kappa shape index (κ2) is 4.89.